The molecule has 1 rings (SSSR count). The van der Waals surface area contributed by atoms with Gasteiger partial charge in [0.05, 0.1) is 11.7 Å². The second-order valence-corrected chi connectivity index (χ2v) is 6.12. The Balaban J connectivity index is 2.53. The maximum absolute atomic E-state index is 11.8. The molecule has 2 unspecified atom stereocenters. The van der Waals surface area contributed by atoms with Crippen LogP contribution in [0.25, 0.3) is 0 Å². The van der Waals surface area contributed by atoms with Crippen LogP contribution in [0.5, 0.6) is 0 Å². The van der Waals surface area contributed by atoms with Gasteiger partial charge in [0.15, 0.2) is 0 Å². The topological polar surface area (TPSA) is 115 Å². The van der Waals surface area contributed by atoms with Crippen LogP contribution in [0.4, 0.5) is 0 Å². The van der Waals surface area contributed by atoms with Crippen LogP contribution in [-0.4, -0.2) is 26.6 Å². The quantitative estimate of drug-likeness (QED) is 0.667. The van der Waals surface area contributed by atoms with Crippen LogP contribution >= 0.6 is 0 Å². The number of hydrogen-bond donors (Lipinski definition) is 3. The van der Waals surface area contributed by atoms with Crippen molar-refractivity contribution in [3.05, 3.63) is 35.9 Å². The molecule has 0 aromatic heterocycles. The fraction of sp³-hybridized carbons (Fsp3) is 0.417. The molecule has 5 N–H and O–H groups in total. The molecule has 0 heterocycles. The lowest BCUT2D eigenvalue weighted by atomic mass is 9.95. The van der Waals surface area contributed by atoms with Gasteiger partial charge in [-0.25, -0.2) is 13.6 Å². The number of benzene rings is 1. The summed E-state index contributed by atoms with van der Waals surface area (Å²) < 4.78 is 21.5. The van der Waals surface area contributed by atoms with E-state index >= 15 is 0 Å². The third-order valence-corrected chi connectivity index (χ3v) is 3.60. The first-order chi connectivity index (χ1) is 8.81. The normalized spacial score (nSPS) is 14.7. The summed E-state index contributed by atoms with van der Waals surface area (Å²) in [6.07, 6.45) is 0. The number of amides is 1. The van der Waals surface area contributed by atoms with Crippen LogP contribution < -0.4 is 16.2 Å². The molecule has 19 heavy (non-hydrogen) atoms. The molecule has 1 amide bonds. The van der Waals surface area contributed by atoms with Gasteiger partial charge in [0.25, 0.3) is 0 Å². The van der Waals surface area contributed by atoms with Gasteiger partial charge in [-0.1, -0.05) is 37.3 Å². The maximum atomic E-state index is 11.8. The molecule has 1 aromatic rings. The molecule has 0 radical (unpaired) electrons. The van der Waals surface area contributed by atoms with E-state index in [1.165, 1.54) is 0 Å². The smallest absolute Gasteiger partial charge is 0.224 e. The number of rotatable bonds is 6. The second-order valence-electron chi connectivity index (χ2n) is 4.38. The molecule has 1 aromatic carbocycles. The molecule has 0 fully saturated rings. The molecular formula is C12H19N3O3S. The summed E-state index contributed by atoms with van der Waals surface area (Å²) in [5.41, 5.74) is 6.85. The second kappa shape index (κ2) is 6.65. The molecule has 7 heteroatoms. The lowest BCUT2D eigenvalue weighted by Gasteiger charge is -2.19. The van der Waals surface area contributed by atoms with Crippen molar-refractivity contribution in [1.82, 2.24) is 5.32 Å². The molecule has 6 nitrogen and oxygen atoms in total. The molecule has 0 aliphatic heterocycles. The van der Waals surface area contributed by atoms with Crippen LogP contribution in [0.15, 0.2) is 30.3 Å². The van der Waals surface area contributed by atoms with Crippen LogP contribution in [0.1, 0.15) is 18.5 Å². The van der Waals surface area contributed by atoms with E-state index in [4.69, 9.17) is 10.9 Å². The van der Waals surface area contributed by atoms with Crippen molar-refractivity contribution in [2.24, 2.45) is 16.8 Å². The van der Waals surface area contributed by atoms with Crippen molar-refractivity contribution in [1.29, 1.82) is 0 Å². The Labute approximate surface area is 113 Å². The van der Waals surface area contributed by atoms with E-state index in [-0.39, 0.29) is 18.2 Å². The first kappa shape index (κ1) is 15.6. The van der Waals surface area contributed by atoms with Gasteiger partial charge in [-0.05, 0) is 5.56 Å². The molecule has 0 saturated heterocycles. The van der Waals surface area contributed by atoms with Crippen molar-refractivity contribution in [2.45, 2.75) is 13.0 Å². The number of sulfonamides is 1. The fourth-order valence-electron chi connectivity index (χ4n) is 1.60. The highest BCUT2D eigenvalue weighted by Crippen LogP contribution is 2.18. The summed E-state index contributed by atoms with van der Waals surface area (Å²) in [4.78, 5) is 11.8. The Kier molecular flexibility index (Phi) is 5.46. The molecule has 0 bridgehead atoms. The molecule has 0 saturated carbocycles. The van der Waals surface area contributed by atoms with E-state index in [9.17, 15) is 13.2 Å². The van der Waals surface area contributed by atoms with E-state index < -0.39 is 22.0 Å². The van der Waals surface area contributed by atoms with Crippen LogP contribution in [0.3, 0.4) is 0 Å². The zero-order valence-electron chi connectivity index (χ0n) is 10.7. The van der Waals surface area contributed by atoms with Crippen molar-refractivity contribution < 1.29 is 13.2 Å². The van der Waals surface area contributed by atoms with Gasteiger partial charge in [0.1, 0.15) is 0 Å². The van der Waals surface area contributed by atoms with Gasteiger partial charge >= 0.3 is 0 Å². The number of hydrogen-bond acceptors (Lipinski definition) is 4. The van der Waals surface area contributed by atoms with Gasteiger partial charge in [-0.3, -0.25) is 4.79 Å². The third-order valence-electron chi connectivity index (χ3n) is 2.82. The zero-order chi connectivity index (χ0) is 14.5. The highest BCUT2D eigenvalue weighted by Gasteiger charge is 2.21. The van der Waals surface area contributed by atoms with Crippen molar-refractivity contribution >= 4 is 15.9 Å². The molecule has 0 aliphatic carbocycles. The van der Waals surface area contributed by atoms with E-state index in [1.807, 2.05) is 30.3 Å². The van der Waals surface area contributed by atoms with E-state index in [0.717, 1.165) is 5.56 Å². The van der Waals surface area contributed by atoms with Crippen molar-refractivity contribution in [2.75, 3.05) is 12.3 Å². The number of primary sulfonamides is 1. The van der Waals surface area contributed by atoms with Gasteiger partial charge in [0, 0.05) is 12.6 Å². The number of nitrogens with one attached hydrogen (secondary N) is 1. The Bertz CT molecular complexity index is 516. The van der Waals surface area contributed by atoms with Gasteiger partial charge in [-0.15, -0.1) is 0 Å². The summed E-state index contributed by atoms with van der Waals surface area (Å²) >= 11 is 0. The molecule has 0 spiro atoms. The predicted molar refractivity (Wildman–Crippen MR) is 73.5 cm³/mol. The minimum absolute atomic E-state index is 0.0104. The van der Waals surface area contributed by atoms with Crippen LogP contribution in [-0.2, 0) is 14.8 Å². The Morgan fingerprint density at radius 2 is 1.89 bits per heavy atom. The van der Waals surface area contributed by atoms with E-state index in [0.29, 0.717) is 0 Å². The van der Waals surface area contributed by atoms with Crippen molar-refractivity contribution in [3.8, 4) is 0 Å². The van der Waals surface area contributed by atoms with Crippen molar-refractivity contribution in [3.63, 3.8) is 0 Å². The Morgan fingerprint density at radius 1 is 1.32 bits per heavy atom. The SMILES string of the molecule is CC(C(=O)NCCS(N)(=O)=O)C(N)c1ccccc1. The van der Waals surface area contributed by atoms with Gasteiger partial charge in [0.2, 0.25) is 15.9 Å². The highest BCUT2D eigenvalue weighted by atomic mass is 32.2. The largest absolute Gasteiger partial charge is 0.355 e. The van der Waals surface area contributed by atoms with Gasteiger partial charge in [-0.2, -0.15) is 0 Å². The monoisotopic (exact) mass is 285 g/mol. The molecule has 2 atom stereocenters. The lowest BCUT2D eigenvalue weighted by molar-refractivity contribution is -0.125. The predicted octanol–water partition coefficient (Wildman–Crippen LogP) is -0.273. The highest BCUT2D eigenvalue weighted by molar-refractivity contribution is 7.89. The first-order valence-corrected chi connectivity index (χ1v) is 7.61. The summed E-state index contributed by atoms with van der Waals surface area (Å²) in [6, 6.07) is 8.82. The fourth-order valence-corrected chi connectivity index (χ4v) is 1.99. The van der Waals surface area contributed by atoms with E-state index in [2.05, 4.69) is 5.32 Å². The van der Waals surface area contributed by atoms with Crippen LogP contribution in [0, 0.1) is 5.92 Å². The maximum Gasteiger partial charge on any atom is 0.224 e. The zero-order valence-corrected chi connectivity index (χ0v) is 11.6. The molecular weight excluding hydrogens is 266 g/mol. The van der Waals surface area contributed by atoms with Gasteiger partial charge < -0.3 is 11.1 Å². The number of carbonyl (C=O) groups excluding carboxylic acids is 1. The Morgan fingerprint density at radius 3 is 2.42 bits per heavy atom. The number of nitrogens with two attached hydrogens (primary N) is 2. The third kappa shape index (κ3) is 5.37. The Hall–Kier alpha value is -1.44. The van der Waals surface area contributed by atoms with Crippen LogP contribution in [0.2, 0.25) is 0 Å². The average molecular weight is 285 g/mol. The summed E-state index contributed by atoms with van der Waals surface area (Å²) in [5.74, 6) is -1.03. The van der Waals surface area contributed by atoms with E-state index in [1.54, 1.807) is 6.92 Å². The minimum atomic E-state index is -3.56. The first-order valence-electron chi connectivity index (χ1n) is 5.90. The standard InChI is InChI=1S/C12H19N3O3S/c1-9(11(13)10-5-3-2-4-6-10)12(16)15-7-8-19(14,17)18/h2-6,9,11H,7-8,13H2,1H3,(H,15,16)(H2,14,17,18). The summed E-state index contributed by atoms with van der Waals surface area (Å²) in [7, 11) is -3.56. The summed E-state index contributed by atoms with van der Waals surface area (Å²) in [5, 5.41) is 7.36. The summed E-state index contributed by atoms with van der Waals surface area (Å²) in [6.45, 7) is 1.69. The minimum Gasteiger partial charge on any atom is -0.355 e. The molecule has 0 aliphatic rings. The average Bonchev–Trinajstić information content (AvgIpc) is 2.36. The lowest BCUT2D eigenvalue weighted by Crippen LogP contribution is -2.38. The number of carbonyl (C=O) groups is 1. The molecule has 106 valence electrons.